The third-order valence-corrected chi connectivity index (χ3v) is 4.64. The van der Waals surface area contributed by atoms with Gasteiger partial charge in [0.25, 0.3) is 0 Å². The van der Waals surface area contributed by atoms with Crippen LogP contribution in [0.5, 0.6) is 0 Å². The van der Waals surface area contributed by atoms with E-state index in [2.05, 4.69) is 42.1 Å². The van der Waals surface area contributed by atoms with E-state index in [1.165, 1.54) is 11.1 Å². The molecule has 110 valence electrons. The summed E-state index contributed by atoms with van der Waals surface area (Å²) >= 11 is 1.69. The Hall–Kier alpha value is -1.13. The largest absolute Gasteiger partial charge is 0.335 e. The zero-order valence-corrected chi connectivity index (χ0v) is 13.2. The number of rotatable bonds is 6. The van der Waals surface area contributed by atoms with Crippen molar-refractivity contribution in [2.75, 3.05) is 13.1 Å². The molecule has 2 heterocycles. The first-order valence-corrected chi connectivity index (χ1v) is 8.34. The van der Waals surface area contributed by atoms with Crippen molar-refractivity contribution in [3.05, 3.63) is 34.0 Å². The second-order valence-electron chi connectivity index (χ2n) is 5.40. The maximum atomic E-state index is 12.6. The van der Waals surface area contributed by atoms with Crippen molar-refractivity contribution < 1.29 is 4.79 Å². The van der Waals surface area contributed by atoms with E-state index in [4.69, 9.17) is 0 Å². The minimum atomic E-state index is 0.263. The first-order valence-electron chi connectivity index (χ1n) is 7.40. The van der Waals surface area contributed by atoms with E-state index in [1.807, 2.05) is 4.90 Å². The summed E-state index contributed by atoms with van der Waals surface area (Å²) in [5, 5.41) is 7.49. The van der Waals surface area contributed by atoms with Gasteiger partial charge in [-0.25, -0.2) is 0 Å². The molecule has 0 radical (unpaired) electrons. The lowest BCUT2D eigenvalue weighted by Gasteiger charge is -2.29. The zero-order valence-electron chi connectivity index (χ0n) is 12.4. The highest BCUT2D eigenvalue weighted by Gasteiger charge is 2.20. The van der Waals surface area contributed by atoms with E-state index in [0.29, 0.717) is 12.5 Å². The lowest BCUT2D eigenvalue weighted by molar-refractivity contribution is -0.133. The Kier molecular flexibility index (Phi) is 5.80. The molecule has 4 heteroatoms. The highest BCUT2D eigenvalue weighted by atomic mass is 32.1. The minimum absolute atomic E-state index is 0.263. The van der Waals surface area contributed by atoms with E-state index in [0.717, 1.165) is 32.5 Å². The Morgan fingerprint density at radius 2 is 2.40 bits per heavy atom. The molecule has 1 N–H and O–H groups in total. The summed E-state index contributed by atoms with van der Waals surface area (Å²) in [5.74, 6) is 0.263. The fraction of sp³-hybridized carbons (Fsp3) is 0.562. The Morgan fingerprint density at radius 3 is 3.00 bits per heavy atom. The molecule has 0 saturated heterocycles. The molecule has 0 aromatic carbocycles. The SMILES string of the molecule is CC[C@@H](C)N(Cc1ccsc1)C(=O)CC1=CCNCC1. The average Bonchev–Trinajstić information content (AvgIpc) is 2.98. The van der Waals surface area contributed by atoms with Crippen LogP contribution in [0.3, 0.4) is 0 Å². The van der Waals surface area contributed by atoms with E-state index in [1.54, 1.807) is 11.3 Å². The molecule has 3 nitrogen and oxygen atoms in total. The number of carbonyl (C=O) groups excluding carboxylic acids is 1. The predicted octanol–water partition coefficient (Wildman–Crippen LogP) is 3.19. The Bertz CT molecular complexity index is 453. The number of hydrogen-bond acceptors (Lipinski definition) is 3. The van der Waals surface area contributed by atoms with Crippen LogP contribution in [0, 0.1) is 0 Å². The van der Waals surface area contributed by atoms with Gasteiger partial charge >= 0.3 is 0 Å². The second kappa shape index (κ2) is 7.60. The monoisotopic (exact) mass is 292 g/mol. The highest BCUT2D eigenvalue weighted by molar-refractivity contribution is 7.07. The smallest absolute Gasteiger partial charge is 0.227 e. The van der Waals surface area contributed by atoms with Gasteiger partial charge in [-0.2, -0.15) is 11.3 Å². The van der Waals surface area contributed by atoms with E-state index < -0.39 is 0 Å². The maximum absolute atomic E-state index is 12.6. The van der Waals surface area contributed by atoms with Crippen LogP contribution in [0.2, 0.25) is 0 Å². The van der Waals surface area contributed by atoms with Gasteiger partial charge in [0.15, 0.2) is 0 Å². The minimum Gasteiger partial charge on any atom is -0.335 e. The molecule has 1 aliphatic rings. The van der Waals surface area contributed by atoms with Crippen molar-refractivity contribution in [2.45, 2.75) is 45.7 Å². The lowest BCUT2D eigenvalue weighted by atomic mass is 10.0. The van der Waals surface area contributed by atoms with Crippen molar-refractivity contribution in [1.29, 1.82) is 0 Å². The van der Waals surface area contributed by atoms with Crippen molar-refractivity contribution in [2.24, 2.45) is 0 Å². The highest BCUT2D eigenvalue weighted by Crippen LogP contribution is 2.18. The van der Waals surface area contributed by atoms with Gasteiger partial charge in [0.1, 0.15) is 0 Å². The first kappa shape index (κ1) is 15.3. The number of nitrogens with zero attached hydrogens (tertiary/aromatic N) is 1. The van der Waals surface area contributed by atoms with Crippen molar-refractivity contribution in [3.63, 3.8) is 0 Å². The number of amides is 1. The molecule has 20 heavy (non-hydrogen) atoms. The Balaban J connectivity index is 2.01. The van der Waals surface area contributed by atoms with Crippen molar-refractivity contribution >= 4 is 17.2 Å². The number of thiophene rings is 1. The molecule has 0 spiro atoms. The topological polar surface area (TPSA) is 32.3 Å². The molecular formula is C16H24N2OS. The van der Waals surface area contributed by atoms with Gasteiger partial charge in [-0.15, -0.1) is 0 Å². The van der Waals surface area contributed by atoms with Crippen LogP contribution in [0.1, 0.15) is 38.7 Å². The van der Waals surface area contributed by atoms with Gasteiger partial charge < -0.3 is 10.2 Å². The molecule has 1 amide bonds. The van der Waals surface area contributed by atoms with Crippen LogP contribution in [-0.4, -0.2) is 29.9 Å². The van der Waals surface area contributed by atoms with Gasteiger partial charge in [0, 0.05) is 25.6 Å². The van der Waals surface area contributed by atoms with Crippen molar-refractivity contribution in [3.8, 4) is 0 Å². The molecule has 2 rings (SSSR count). The van der Waals surface area contributed by atoms with Crippen molar-refractivity contribution in [1.82, 2.24) is 10.2 Å². The predicted molar refractivity (Wildman–Crippen MR) is 84.8 cm³/mol. The van der Waals surface area contributed by atoms with Crippen LogP contribution in [-0.2, 0) is 11.3 Å². The zero-order chi connectivity index (χ0) is 14.4. The fourth-order valence-corrected chi connectivity index (χ4v) is 3.08. The molecule has 1 aromatic heterocycles. The number of nitrogens with one attached hydrogen (secondary N) is 1. The van der Waals surface area contributed by atoms with Crippen LogP contribution < -0.4 is 5.32 Å². The third kappa shape index (κ3) is 4.18. The summed E-state index contributed by atoms with van der Waals surface area (Å²) in [6, 6.07) is 2.40. The molecule has 0 aliphatic carbocycles. The Morgan fingerprint density at radius 1 is 1.55 bits per heavy atom. The quantitative estimate of drug-likeness (QED) is 0.817. The van der Waals surface area contributed by atoms with Crippen LogP contribution in [0.25, 0.3) is 0 Å². The van der Waals surface area contributed by atoms with Gasteiger partial charge in [0.05, 0.1) is 0 Å². The molecule has 1 aromatic rings. The lowest BCUT2D eigenvalue weighted by Crippen LogP contribution is -2.38. The summed E-state index contributed by atoms with van der Waals surface area (Å²) in [6.07, 6.45) is 4.74. The van der Waals surface area contributed by atoms with Gasteiger partial charge in [0.2, 0.25) is 5.91 Å². The number of carbonyl (C=O) groups is 1. The molecule has 1 atom stereocenters. The van der Waals surface area contributed by atoms with E-state index in [-0.39, 0.29) is 5.91 Å². The molecular weight excluding hydrogens is 268 g/mol. The van der Waals surface area contributed by atoms with E-state index >= 15 is 0 Å². The molecule has 0 saturated carbocycles. The summed E-state index contributed by atoms with van der Waals surface area (Å²) in [4.78, 5) is 14.6. The average molecular weight is 292 g/mol. The molecule has 0 fully saturated rings. The summed E-state index contributed by atoms with van der Waals surface area (Å²) in [5.41, 5.74) is 2.52. The molecule has 1 aliphatic heterocycles. The standard InChI is InChI=1S/C16H24N2OS/c1-3-13(2)18(11-15-6-9-20-12-15)16(19)10-14-4-7-17-8-5-14/h4,6,9,12-13,17H,3,5,7-8,10-11H2,1-2H3/t13-/m1/s1. The fourth-order valence-electron chi connectivity index (χ4n) is 2.42. The van der Waals surface area contributed by atoms with Gasteiger partial charge in [-0.1, -0.05) is 18.6 Å². The molecule has 0 bridgehead atoms. The van der Waals surface area contributed by atoms with Gasteiger partial charge in [-0.05, 0) is 48.7 Å². The second-order valence-corrected chi connectivity index (χ2v) is 6.18. The maximum Gasteiger partial charge on any atom is 0.227 e. The first-order chi connectivity index (χ1) is 9.70. The summed E-state index contributed by atoms with van der Waals surface area (Å²) < 4.78 is 0. The normalized spacial score (nSPS) is 16.6. The van der Waals surface area contributed by atoms with E-state index in [9.17, 15) is 4.79 Å². The van der Waals surface area contributed by atoms with Crippen LogP contribution in [0.15, 0.2) is 28.5 Å². The Labute approximate surface area is 125 Å². The number of hydrogen-bond donors (Lipinski definition) is 1. The summed E-state index contributed by atoms with van der Waals surface area (Å²) in [7, 11) is 0. The molecule has 0 unspecified atom stereocenters. The third-order valence-electron chi connectivity index (χ3n) is 3.91. The van der Waals surface area contributed by atoms with Crippen LogP contribution >= 0.6 is 11.3 Å². The van der Waals surface area contributed by atoms with Gasteiger partial charge in [-0.3, -0.25) is 4.79 Å². The summed E-state index contributed by atoms with van der Waals surface area (Å²) in [6.45, 7) is 6.91. The van der Waals surface area contributed by atoms with Crippen LogP contribution in [0.4, 0.5) is 0 Å².